The zero-order valence-corrected chi connectivity index (χ0v) is 16.4. The van der Waals surface area contributed by atoms with Gasteiger partial charge in [0.15, 0.2) is 0 Å². The van der Waals surface area contributed by atoms with Crippen LogP contribution in [-0.4, -0.2) is 54.5 Å². The molecule has 140 valence electrons. The van der Waals surface area contributed by atoms with Crippen LogP contribution in [-0.2, 0) is 0 Å². The predicted octanol–water partition coefficient (Wildman–Crippen LogP) is 2.93. The normalized spacial score (nSPS) is 10.8. The lowest BCUT2D eigenvalue weighted by Crippen LogP contribution is -2.29. The lowest BCUT2D eigenvalue weighted by Gasteiger charge is -2.22. The molecule has 0 aliphatic heterocycles. The van der Waals surface area contributed by atoms with Gasteiger partial charge in [0.1, 0.15) is 5.69 Å². The summed E-state index contributed by atoms with van der Waals surface area (Å²) in [7, 11) is 4.04. The zero-order valence-electron chi connectivity index (χ0n) is 16.4. The topological polar surface area (TPSA) is 61.4 Å². The van der Waals surface area contributed by atoms with Crippen LogP contribution in [0.4, 0.5) is 11.6 Å². The van der Waals surface area contributed by atoms with Gasteiger partial charge < -0.3 is 15.1 Å². The number of carbonyl (C=O) groups is 1. The Morgan fingerprint density at radius 1 is 1.15 bits per heavy atom. The van der Waals surface area contributed by atoms with E-state index < -0.39 is 0 Å². The summed E-state index contributed by atoms with van der Waals surface area (Å²) < 4.78 is 0. The van der Waals surface area contributed by atoms with Crippen molar-refractivity contribution in [1.82, 2.24) is 20.2 Å². The second-order valence-electron chi connectivity index (χ2n) is 6.69. The third-order valence-corrected chi connectivity index (χ3v) is 4.01. The fourth-order valence-electron chi connectivity index (χ4n) is 2.71. The first-order valence-electron chi connectivity index (χ1n) is 9.03. The standard InChI is InChI=1S/C20H29N5O/c1-6-25(17-10-7-9-15(2)13-17)20-22-16(3)14-18(23-20)19(26)21-11-8-12-24(4)5/h7,9-10,13-14H,6,8,11-12H2,1-5H3,(H,21,26). The van der Waals surface area contributed by atoms with Crippen LogP contribution in [0.5, 0.6) is 0 Å². The molecular formula is C20H29N5O. The van der Waals surface area contributed by atoms with Gasteiger partial charge in [-0.1, -0.05) is 12.1 Å². The van der Waals surface area contributed by atoms with Crippen LogP contribution in [0.3, 0.4) is 0 Å². The van der Waals surface area contributed by atoms with E-state index in [1.54, 1.807) is 6.07 Å². The van der Waals surface area contributed by atoms with Gasteiger partial charge in [-0.05, 0) is 71.6 Å². The third-order valence-electron chi connectivity index (χ3n) is 4.01. The molecule has 6 heteroatoms. The summed E-state index contributed by atoms with van der Waals surface area (Å²) >= 11 is 0. The lowest BCUT2D eigenvalue weighted by molar-refractivity contribution is 0.0947. The van der Waals surface area contributed by atoms with E-state index in [4.69, 9.17) is 0 Å². The Hall–Kier alpha value is -2.47. The van der Waals surface area contributed by atoms with Gasteiger partial charge in [0.25, 0.3) is 5.91 Å². The van der Waals surface area contributed by atoms with Gasteiger partial charge in [-0.15, -0.1) is 0 Å². The summed E-state index contributed by atoms with van der Waals surface area (Å²) in [4.78, 5) is 25.6. The maximum absolute atomic E-state index is 12.5. The number of aryl methyl sites for hydroxylation is 2. The first-order chi connectivity index (χ1) is 12.4. The van der Waals surface area contributed by atoms with Crippen molar-refractivity contribution in [2.75, 3.05) is 38.6 Å². The van der Waals surface area contributed by atoms with Gasteiger partial charge in [-0.2, -0.15) is 0 Å². The number of anilines is 2. The molecule has 0 bridgehead atoms. The quantitative estimate of drug-likeness (QED) is 0.738. The largest absolute Gasteiger partial charge is 0.351 e. The fourth-order valence-corrected chi connectivity index (χ4v) is 2.71. The molecule has 1 aromatic carbocycles. The second kappa shape index (κ2) is 9.29. The Kier molecular flexibility index (Phi) is 7.09. The monoisotopic (exact) mass is 355 g/mol. The highest BCUT2D eigenvalue weighted by Gasteiger charge is 2.15. The summed E-state index contributed by atoms with van der Waals surface area (Å²) in [5, 5.41) is 2.94. The van der Waals surface area contributed by atoms with E-state index in [1.807, 2.05) is 38.1 Å². The van der Waals surface area contributed by atoms with Crippen LogP contribution in [0.15, 0.2) is 30.3 Å². The Morgan fingerprint density at radius 3 is 2.58 bits per heavy atom. The van der Waals surface area contributed by atoms with Crippen LogP contribution in [0, 0.1) is 13.8 Å². The number of aromatic nitrogens is 2. The minimum Gasteiger partial charge on any atom is -0.351 e. The summed E-state index contributed by atoms with van der Waals surface area (Å²) in [5.41, 5.74) is 3.38. The molecular weight excluding hydrogens is 326 g/mol. The molecule has 6 nitrogen and oxygen atoms in total. The van der Waals surface area contributed by atoms with Crippen molar-refractivity contribution in [2.24, 2.45) is 0 Å². The van der Waals surface area contributed by atoms with Crippen molar-refractivity contribution in [3.8, 4) is 0 Å². The van der Waals surface area contributed by atoms with Crippen LogP contribution in [0.1, 0.15) is 35.1 Å². The van der Waals surface area contributed by atoms with Crippen molar-refractivity contribution >= 4 is 17.5 Å². The van der Waals surface area contributed by atoms with Gasteiger partial charge in [-0.25, -0.2) is 9.97 Å². The fraction of sp³-hybridized carbons (Fsp3) is 0.450. The van der Waals surface area contributed by atoms with Crippen LogP contribution < -0.4 is 10.2 Å². The van der Waals surface area contributed by atoms with Crippen molar-refractivity contribution < 1.29 is 4.79 Å². The van der Waals surface area contributed by atoms with Gasteiger partial charge in [0, 0.05) is 24.5 Å². The van der Waals surface area contributed by atoms with E-state index in [2.05, 4.69) is 46.2 Å². The van der Waals surface area contributed by atoms with Gasteiger partial charge in [0.05, 0.1) is 0 Å². The highest BCUT2D eigenvalue weighted by atomic mass is 16.1. The summed E-state index contributed by atoms with van der Waals surface area (Å²) in [6, 6.07) is 9.93. The van der Waals surface area contributed by atoms with Crippen molar-refractivity contribution in [3.05, 3.63) is 47.3 Å². The number of hydrogen-bond acceptors (Lipinski definition) is 5. The number of nitrogens with one attached hydrogen (secondary N) is 1. The maximum atomic E-state index is 12.5. The van der Waals surface area contributed by atoms with E-state index >= 15 is 0 Å². The molecule has 1 heterocycles. The summed E-state index contributed by atoms with van der Waals surface area (Å²) in [6.07, 6.45) is 0.903. The molecule has 1 aromatic heterocycles. The molecule has 1 N–H and O–H groups in total. The van der Waals surface area contributed by atoms with Crippen molar-refractivity contribution in [2.45, 2.75) is 27.2 Å². The van der Waals surface area contributed by atoms with E-state index in [9.17, 15) is 4.79 Å². The van der Waals surface area contributed by atoms with E-state index in [-0.39, 0.29) is 5.91 Å². The van der Waals surface area contributed by atoms with Crippen LogP contribution >= 0.6 is 0 Å². The van der Waals surface area contributed by atoms with Crippen molar-refractivity contribution in [3.63, 3.8) is 0 Å². The van der Waals surface area contributed by atoms with Crippen molar-refractivity contribution in [1.29, 1.82) is 0 Å². The molecule has 0 radical (unpaired) electrons. The lowest BCUT2D eigenvalue weighted by atomic mass is 10.2. The summed E-state index contributed by atoms with van der Waals surface area (Å²) in [6.45, 7) is 8.28. The molecule has 26 heavy (non-hydrogen) atoms. The molecule has 0 saturated carbocycles. The summed E-state index contributed by atoms with van der Waals surface area (Å²) in [5.74, 6) is 0.396. The molecule has 2 rings (SSSR count). The minimum absolute atomic E-state index is 0.157. The average molecular weight is 355 g/mol. The van der Waals surface area contributed by atoms with Crippen LogP contribution in [0.25, 0.3) is 0 Å². The van der Waals surface area contributed by atoms with Gasteiger partial charge in [0.2, 0.25) is 5.95 Å². The average Bonchev–Trinajstić information content (AvgIpc) is 2.58. The van der Waals surface area contributed by atoms with Gasteiger partial charge in [-0.3, -0.25) is 4.79 Å². The molecule has 2 aromatic rings. The second-order valence-corrected chi connectivity index (χ2v) is 6.69. The number of benzene rings is 1. The first-order valence-corrected chi connectivity index (χ1v) is 9.03. The molecule has 0 fully saturated rings. The van der Waals surface area contributed by atoms with E-state index in [0.29, 0.717) is 18.2 Å². The smallest absolute Gasteiger partial charge is 0.270 e. The number of carbonyl (C=O) groups excluding carboxylic acids is 1. The highest BCUT2D eigenvalue weighted by Crippen LogP contribution is 2.23. The molecule has 0 aliphatic rings. The van der Waals surface area contributed by atoms with E-state index in [0.717, 1.165) is 30.9 Å². The Balaban J connectivity index is 2.18. The minimum atomic E-state index is -0.157. The number of hydrogen-bond donors (Lipinski definition) is 1. The number of rotatable bonds is 8. The molecule has 0 saturated heterocycles. The maximum Gasteiger partial charge on any atom is 0.270 e. The van der Waals surface area contributed by atoms with Gasteiger partial charge >= 0.3 is 0 Å². The zero-order chi connectivity index (χ0) is 19.1. The van der Waals surface area contributed by atoms with E-state index in [1.165, 1.54) is 5.56 Å². The molecule has 0 aliphatic carbocycles. The molecule has 1 amide bonds. The molecule has 0 unspecified atom stereocenters. The number of amides is 1. The number of nitrogens with zero attached hydrogens (tertiary/aromatic N) is 4. The SMILES string of the molecule is CCN(c1cccc(C)c1)c1nc(C)cc(C(=O)NCCCN(C)C)n1. The highest BCUT2D eigenvalue weighted by molar-refractivity contribution is 5.92. The third kappa shape index (κ3) is 5.52. The first kappa shape index (κ1) is 19.8. The Morgan fingerprint density at radius 2 is 1.92 bits per heavy atom. The van der Waals surface area contributed by atoms with Crippen LogP contribution in [0.2, 0.25) is 0 Å². The molecule has 0 atom stereocenters. The Bertz CT molecular complexity index is 745. The Labute approximate surface area is 156 Å². The molecule has 0 spiro atoms. The predicted molar refractivity (Wildman–Crippen MR) is 106 cm³/mol.